The summed E-state index contributed by atoms with van der Waals surface area (Å²) < 4.78 is 32.3. The Morgan fingerprint density at radius 1 is 1.14 bits per heavy atom. The highest BCUT2D eigenvalue weighted by atomic mass is 35.5. The van der Waals surface area contributed by atoms with Crippen molar-refractivity contribution in [2.75, 3.05) is 17.9 Å². The van der Waals surface area contributed by atoms with Crippen LogP contribution in [0.15, 0.2) is 53.4 Å². The zero-order chi connectivity index (χ0) is 20.7. The second kappa shape index (κ2) is 9.80. The Morgan fingerprint density at radius 3 is 2.32 bits per heavy atom. The SMILES string of the molecule is CCCCNC(=O)C(C)Oc1ccc(N(C)S(=O)(=O)c2ccc(Cl)cc2)cc1. The highest BCUT2D eigenvalue weighted by Crippen LogP contribution is 2.25. The molecule has 0 aliphatic rings. The number of sulfonamides is 1. The summed E-state index contributed by atoms with van der Waals surface area (Å²) >= 11 is 5.82. The van der Waals surface area contributed by atoms with Crippen molar-refractivity contribution < 1.29 is 17.9 Å². The largest absolute Gasteiger partial charge is 0.481 e. The van der Waals surface area contributed by atoms with E-state index >= 15 is 0 Å². The predicted octanol–water partition coefficient (Wildman–Crippen LogP) is 3.85. The summed E-state index contributed by atoms with van der Waals surface area (Å²) in [4.78, 5) is 12.1. The van der Waals surface area contributed by atoms with Gasteiger partial charge in [-0.1, -0.05) is 24.9 Å². The third-order valence-electron chi connectivity index (χ3n) is 4.18. The first kappa shape index (κ1) is 22.0. The molecule has 8 heteroatoms. The number of carbonyl (C=O) groups is 1. The van der Waals surface area contributed by atoms with Gasteiger partial charge in [0.15, 0.2) is 6.10 Å². The van der Waals surface area contributed by atoms with Crippen LogP contribution in [0.1, 0.15) is 26.7 Å². The summed E-state index contributed by atoms with van der Waals surface area (Å²) in [7, 11) is -2.23. The molecule has 152 valence electrons. The maximum Gasteiger partial charge on any atom is 0.264 e. The van der Waals surface area contributed by atoms with Crippen LogP contribution in [0.3, 0.4) is 0 Å². The molecule has 0 aliphatic heterocycles. The first-order valence-electron chi connectivity index (χ1n) is 9.04. The third kappa shape index (κ3) is 5.62. The molecule has 0 radical (unpaired) electrons. The van der Waals surface area contributed by atoms with Crippen molar-refractivity contribution in [3.8, 4) is 5.75 Å². The maximum atomic E-state index is 12.7. The van der Waals surface area contributed by atoms with Gasteiger partial charge < -0.3 is 10.1 Å². The number of halogens is 1. The van der Waals surface area contributed by atoms with Crippen molar-refractivity contribution in [3.63, 3.8) is 0 Å². The molecule has 0 spiro atoms. The second-order valence-corrected chi connectivity index (χ2v) is 8.73. The highest BCUT2D eigenvalue weighted by Gasteiger charge is 2.21. The fourth-order valence-corrected chi connectivity index (χ4v) is 3.75. The van der Waals surface area contributed by atoms with Gasteiger partial charge in [-0.2, -0.15) is 0 Å². The van der Waals surface area contributed by atoms with E-state index in [1.54, 1.807) is 31.2 Å². The standard InChI is InChI=1S/C20H25ClN2O4S/c1-4-5-14-22-20(24)15(2)27-18-10-8-17(9-11-18)23(3)28(25,26)19-12-6-16(21)7-13-19/h6-13,15H,4-5,14H2,1-3H3,(H,22,24). The van der Waals surface area contributed by atoms with Crippen molar-refractivity contribution in [2.45, 2.75) is 37.7 Å². The number of anilines is 1. The maximum absolute atomic E-state index is 12.7. The molecule has 0 aliphatic carbocycles. The number of rotatable bonds is 9. The summed E-state index contributed by atoms with van der Waals surface area (Å²) in [5.74, 6) is 0.305. The smallest absolute Gasteiger partial charge is 0.264 e. The van der Waals surface area contributed by atoms with Gasteiger partial charge in [0.2, 0.25) is 0 Å². The lowest BCUT2D eigenvalue weighted by molar-refractivity contribution is -0.127. The van der Waals surface area contributed by atoms with Gasteiger partial charge in [-0.15, -0.1) is 0 Å². The van der Waals surface area contributed by atoms with Gasteiger partial charge in [0.1, 0.15) is 5.75 Å². The first-order chi connectivity index (χ1) is 13.3. The third-order valence-corrected chi connectivity index (χ3v) is 6.24. The Kier molecular flexibility index (Phi) is 7.71. The van der Waals surface area contributed by atoms with E-state index in [1.165, 1.54) is 35.6 Å². The van der Waals surface area contributed by atoms with Gasteiger partial charge in [0.05, 0.1) is 10.6 Å². The Hall–Kier alpha value is -2.25. The first-order valence-corrected chi connectivity index (χ1v) is 10.9. The molecule has 0 heterocycles. The fraction of sp³-hybridized carbons (Fsp3) is 0.350. The molecule has 0 bridgehead atoms. The number of hydrogen-bond donors (Lipinski definition) is 1. The lowest BCUT2D eigenvalue weighted by Gasteiger charge is -2.20. The minimum atomic E-state index is -3.70. The van der Waals surface area contributed by atoms with Gasteiger partial charge in [-0.3, -0.25) is 9.10 Å². The van der Waals surface area contributed by atoms with Crippen LogP contribution in [0.2, 0.25) is 5.02 Å². The summed E-state index contributed by atoms with van der Waals surface area (Å²) in [6.07, 6.45) is 1.28. The van der Waals surface area contributed by atoms with Gasteiger partial charge in [0.25, 0.3) is 15.9 Å². The van der Waals surface area contributed by atoms with E-state index in [0.29, 0.717) is 23.0 Å². The molecular weight excluding hydrogens is 400 g/mol. The minimum Gasteiger partial charge on any atom is -0.481 e. The van der Waals surface area contributed by atoms with Crippen molar-refractivity contribution in [1.29, 1.82) is 0 Å². The number of hydrogen-bond acceptors (Lipinski definition) is 4. The molecule has 1 N–H and O–H groups in total. The number of amides is 1. The highest BCUT2D eigenvalue weighted by molar-refractivity contribution is 7.92. The summed E-state index contributed by atoms with van der Waals surface area (Å²) in [6.45, 7) is 4.35. The molecule has 2 rings (SSSR count). The van der Waals surface area contributed by atoms with Gasteiger partial charge in [-0.05, 0) is 61.9 Å². The molecule has 0 aromatic heterocycles. The molecule has 28 heavy (non-hydrogen) atoms. The van der Waals surface area contributed by atoms with E-state index in [4.69, 9.17) is 16.3 Å². The van der Waals surface area contributed by atoms with Crippen molar-refractivity contribution in [3.05, 3.63) is 53.6 Å². The molecule has 2 aromatic carbocycles. The number of ether oxygens (including phenoxy) is 1. The van der Waals surface area contributed by atoms with E-state index in [0.717, 1.165) is 12.8 Å². The molecule has 0 saturated heterocycles. The Morgan fingerprint density at radius 2 is 1.75 bits per heavy atom. The fourth-order valence-electron chi connectivity index (χ4n) is 2.43. The molecule has 0 saturated carbocycles. The molecule has 1 unspecified atom stereocenters. The predicted molar refractivity (Wildman–Crippen MR) is 111 cm³/mol. The molecule has 1 atom stereocenters. The second-order valence-electron chi connectivity index (χ2n) is 6.33. The van der Waals surface area contributed by atoms with E-state index in [2.05, 4.69) is 12.2 Å². The summed E-state index contributed by atoms with van der Waals surface area (Å²) in [6, 6.07) is 12.5. The normalized spacial score (nSPS) is 12.3. The van der Waals surface area contributed by atoms with Gasteiger partial charge in [0, 0.05) is 18.6 Å². The van der Waals surface area contributed by atoms with Crippen LogP contribution in [0.25, 0.3) is 0 Å². The number of carbonyl (C=O) groups excluding carboxylic acids is 1. The molecule has 1 amide bonds. The topological polar surface area (TPSA) is 75.7 Å². The summed E-state index contributed by atoms with van der Waals surface area (Å²) in [5.41, 5.74) is 0.474. The lowest BCUT2D eigenvalue weighted by atomic mass is 10.3. The van der Waals surface area contributed by atoms with Gasteiger partial charge >= 0.3 is 0 Å². The van der Waals surface area contributed by atoms with Crippen LogP contribution in [0, 0.1) is 0 Å². The van der Waals surface area contributed by atoms with Crippen LogP contribution < -0.4 is 14.4 Å². The van der Waals surface area contributed by atoms with E-state index < -0.39 is 16.1 Å². The van der Waals surface area contributed by atoms with Crippen LogP contribution in [0.5, 0.6) is 5.75 Å². The molecule has 2 aromatic rings. The van der Waals surface area contributed by atoms with E-state index in [1.807, 2.05) is 0 Å². The monoisotopic (exact) mass is 424 g/mol. The number of nitrogens with one attached hydrogen (secondary N) is 1. The van der Waals surface area contributed by atoms with E-state index in [-0.39, 0.29) is 10.8 Å². The average Bonchev–Trinajstić information content (AvgIpc) is 2.68. The Balaban J connectivity index is 2.05. The van der Waals surface area contributed by atoms with Crippen molar-refractivity contribution in [1.82, 2.24) is 5.32 Å². The quantitative estimate of drug-likeness (QED) is 0.620. The molecular formula is C20H25ClN2O4S. The number of nitrogens with zero attached hydrogens (tertiary/aromatic N) is 1. The zero-order valence-corrected chi connectivity index (χ0v) is 17.8. The van der Waals surface area contributed by atoms with Crippen LogP contribution in [0.4, 0.5) is 5.69 Å². The molecule has 0 fully saturated rings. The van der Waals surface area contributed by atoms with Crippen molar-refractivity contribution >= 4 is 33.2 Å². The minimum absolute atomic E-state index is 0.150. The Labute approximate surface area is 171 Å². The number of benzene rings is 2. The van der Waals surface area contributed by atoms with Crippen LogP contribution in [-0.2, 0) is 14.8 Å². The van der Waals surface area contributed by atoms with E-state index in [9.17, 15) is 13.2 Å². The summed E-state index contributed by atoms with van der Waals surface area (Å²) in [5, 5.41) is 3.28. The molecule has 6 nitrogen and oxygen atoms in total. The van der Waals surface area contributed by atoms with Crippen LogP contribution in [-0.4, -0.2) is 34.0 Å². The zero-order valence-electron chi connectivity index (χ0n) is 16.2. The lowest BCUT2D eigenvalue weighted by Crippen LogP contribution is -2.36. The Bertz CT molecular complexity index is 883. The van der Waals surface area contributed by atoms with Crippen molar-refractivity contribution in [2.24, 2.45) is 0 Å². The average molecular weight is 425 g/mol. The number of unbranched alkanes of at least 4 members (excludes halogenated alkanes) is 1. The van der Waals surface area contributed by atoms with Crippen LogP contribution >= 0.6 is 11.6 Å². The van der Waals surface area contributed by atoms with Gasteiger partial charge in [-0.25, -0.2) is 8.42 Å².